The monoisotopic (exact) mass is 490 g/mol. The van der Waals surface area contributed by atoms with Gasteiger partial charge in [-0.3, -0.25) is 9.59 Å². The average Bonchev–Trinajstić information content (AvgIpc) is 2.80. The van der Waals surface area contributed by atoms with E-state index in [9.17, 15) is 22.8 Å². The third-order valence-electron chi connectivity index (χ3n) is 5.28. The minimum Gasteiger partial charge on any atom is -0.495 e. The van der Waals surface area contributed by atoms with Crippen LogP contribution < -0.4 is 15.4 Å². The number of rotatable bonds is 8. The van der Waals surface area contributed by atoms with Crippen molar-refractivity contribution in [3.63, 3.8) is 0 Å². The molecule has 0 aliphatic rings. The molecule has 1 unspecified atom stereocenters. The maximum Gasteiger partial charge on any atom is 0.416 e. The minimum absolute atomic E-state index is 0.0750. The summed E-state index contributed by atoms with van der Waals surface area (Å²) in [5, 5.41) is 0.330. The van der Waals surface area contributed by atoms with Gasteiger partial charge in [0.2, 0.25) is 11.8 Å². The summed E-state index contributed by atoms with van der Waals surface area (Å²) in [5.41, 5.74) is 6.25. The van der Waals surface area contributed by atoms with E-state index in [1.54, 1.807) is 48.5 Å². The van der Waals surface area contributed by atoms with Crippen molar-refractivity contribution in [3.05, 3.63) is 94.5 Å². The minimum atomic E-state index is -4.44. The smallest absolute Gasteiger partial charge is 0.416 e. The van der Waals surface area contributed by atoms with Crippen LogP contribution >= 0.6 is 11.6 Å². The van der Waals surface area contributed by atoms with E-state index in [0.29, 0.717) is 27.6 Å². The number of nitrogens with zero attached hydrogens (tertiary/aromatic N) is 1. The Balaban J connectivity index is 1.95. The second kappa shape index (κ2) is 10.6. The molecular weight excluding hydrogens is 469 g/mol. The highest BCUT2D eigenvalue weighted by molar-refractivity contribution is 6.32. The van der Waals surface area contributed by atoms with Crippen molar-refractivity contribution in [2.45, 2.75) is 18.5 Å². The van der Waals surface area contributed by atoms with Gasteiger partial charge in [0.05, 0.1) is 17.7 Å². The van der Waals surface area contributed by atoms with Gasteiger partial charge in [0, 0.05) is 18.3 Å². The highest BCUT2D eigenvalue weighted by atomic mass is 35.5. The number of hydrogen-bond acceptors (Lipinski definition) is 3. The van der Waals surface area contributed by atoms with Crippen molar-refractivity contribution >= 4 is 29.1 Å². The Bertz CT molecular complexity index is 1150. The molecule has 9 heteroatoms. The second-order valence-electron chi connectivity index (χ2n) is 7.50. The van der Waals surface area contributed by atoms with E-state index >= 15 is 0 Å². The quantitative estimate of drug-likeness (QED) is 0.440. The first-order valence-electron chi connectivity index (χ1n) is 10.3. The van der Waals surface area contributed by atoms with Crippen LogP contribution in [0.3, 0.4) is 0 Å². The van der Waals surface area contributed by atoms with Crippen molar-refractivity contribution in [1.82, 2.24) is 0 Å². The number of anilines is 1. The maximum atomic E-state index is 13.6. The van der Waals surface area contributed by atoms with Gasteiger partial charge in [-0.2, -0.15) is 13.2 Å². The van der Waals surface area contributed by atoms with E-state index in [0.717, 1.165) is 12.1 Å². The Labute approximate surface area is 199 Å². The molecule has 0 heterocycles. The third kappa shape index (κ3) is 5.88. The molecule has 0 radical (unpaired) electrons. The van der Waals surface area contributed by atoms with Gasteiger partial charge in [0.1, 0.15) is 11.7 Å². The number of benzene rings is 3. The van der Waals surface area contributed by atoms with Gasteiger partial charge in [0.25, 0.3) is 0 Å². The number of primary amides is 1. The number of carbonyl (C=O) groups is 2. The number of halogens is 4. The molecule has 5 nitrogen and oxygen atoms in total. The van der Waals surface area contributed by atoms with Crippen LogP contribution in [0.15, 0.2) is 72.8 Å². The Morgan fingerprint density at radius 1 is 1.03 bits per heavy atom. The molecule has 2 N–H and O–H groups in total. The Kier molecular flexibility index (Phi) is 7.83. The summed E-state index contributed by atoms with van der Waals surface area (Å²) in [5.74, 6) is -2.33. The topological polar surface area (TPSA) is 72.6 Å². The Hall–Kier alpha value is -3.52. The standard InChI is InChI=1S/C25H22ClF3N2O3/c1-34-21-15-19(11-12-20(21)26)31(14-13-16-7-9-18(10-8-16)25(27,28)29)24(33)22(23(30)32)17-5-3-2-4-6-17/h2-12,15,22H,13-14H2,1H3,(H2,30,32). The Morgan fingerprint density at radius 2 is 1.68 bits per heavy atom. The van der Waals surface area contributed by atoms with Gasteiger partial charge >= 0.3 is 6.18 Å². The zero-order valence-electron chi connectivity index (χ0n) is 18.2. The van der Waals surface area contributed by atoms with Crippen LogP contribution in [-0.4, -0.2) is 25.5 Å². The SMILES string of the molecule is COc1cc(N(CCc2ccc(C(F)(F)F)cc2)C(=O)C(C(N)=O)c2ccccc2)ccc1Cl. The maximum absolute atomic E-state index is 13.6. The summed E-state index contributed by atoms with van der Waals surface area (Å²) in [4.78, 5) is 27.2. The first-order valence-corrected chi connectivity index (χ1v) is 10.6. The van der Waals surface area contributed by atoms with Crippen LogP contribution in [0, 0.1) is 0 Å². The molecule has 3 aromatic rings. The number of alkyl halides is 3. The predicted molar refractivity (Wildman–Crippen MR) is 124 cm³/mol. The number of hydrogen-bond donors (Lipinski definition) is 1. The lowest BCUT2D eigenvalue weighted by Crippen LogP contribution is -2.41. The van der Waals surface area contributed by atoms with E-state index < -0.39 is 29.5 Å². The Morgan fingerprint density at radius 3 is 2.24 bits per heavy atom. The summed E-state index contributed by atoms with van der Waals surface area (Å²) in [6.45, 7) is 0.0750. The van der Waals surface area contributed by atoms with Gasteiger partial charge in [-0.1, -0.05) is 54.1 Å². The van der Waals surface area contributed by atoms with E-state index in [4.69, 9.17) is 22.1 Å². The molecule has 3 aromatic carbocycles. The first kappa shape index (κ1) is 25.1. The number of amides is 2. The first-order chi connectivity index (χ1) is 16.1. The van der Waals surface area contributed by atoms with Gasteiger partial charge < -0.3 is 15.4 Å². The lowest BCUT2D eigenvalue weighted by molar-refractivity contribution is -0.137. The number of methoxy groups -OCH3 is 1. The molecule has 0 fully saturated rings. The average molecular weight is 491 g/mol. The van der Waals surface area contributed by atoms with E-state index in [1.807, 2.05) is 0 Å². The largest absolute Gasteiger partial charge is 0.495 e. The predicted octanol–water partition coefficient (Wildman–Crippen LogP) is 5.21. The molecule has 0 aromatic heterocycles. The van der Waals surface area contributed by atoms with E-state index in [1.165, 1.54) is 24.1 Å². The lowest BCUT2D eigenvalue weighted by atomic mass is 9.96. The third-order valence-corrected chi connectivity index (χ3v) is 5.59. The molecule has 0 saturated heterocycles. The molecule has 0 bridgehead atoms. The van der Waals surface area contributed by atoms with Crippen LogP contribution in [0.1, 0.15) is 22.6 Å². The van der Waals surface area contributed by atoms with Crippen molar-refractivity contribution < 1.29 is 27.5 Å². The van der Waals surface area contributed by atoms with E-state index in [-0.39, 0.29) is 13.0 Å². The van der Waals surface area contributed by atoms with Crippen LogP contribution in [0.4, 0.5) is 18.9 Å². The molecule has 34 heavy (non-hydrogen) atoms. The van der Waals surface area contributed by atoms with Crippen LogP contribution in [0.2, 0.25) is 5.02 Å². The summed E-state index contributed by atoms with van der Waals surface area (Å²) >= 11 is 6.12. The number of carbonyl (C=O) groups excluding carboxylic acids is 2. The second-order valence-corrected chi connectivity index (χ2v) is 7.91. The van der Waals surface area contributed by atoms with Gasteiger partial charge in [-0.05, 0) is 41.8 Å². The normalized spacial score (nSPS) is 12.1. The van der Waals surface area contributed by atoms with Crippen molar-refractivity contribution in [2.75, 3.05) is 18.6 Å². The zero-order chi connectivity index (χ0) is 24.9. The molecule has 178 valence electrons. The molecule has 0 saturated carbocycles. The van der Waals surface area contributed by atoms with Crippen LogP contribution in [0.25, 0.3) is 0 Å². The number of nitrogens with two attached hydrogens (primary N) is 1. The molecule has 0 aliphatic carbocycles. The van der Waals surface area contributed by atoms with Gasteiger partial charge in [0.15, 0.2) is 0 Å². The van der Waals surface area contributed by atoms with Gasteiger partial charge in [-0.25, -0.2) is 0 Å². The van der Waals surface area contributed by atoms with Crippen molar-refractivity contribution in [3.8, 4) is 5.75 Å². The molecular formula is C25H22ClF3N2O3. The number of ether oxygens (including phenoxy) is 1. The van der Waals surface area contributed by atoms with Crippen LogP contribution in [-0.2, 0) is 22.2 Å². The fourth-order valence-corrected chi connectivity index (χ4v) is 3.71. The molecule has 1 atom stereocenters. The van der Waals surface area contributed by atoms with Gasteiger partial charge in [-0.15, -0.1) is 0 Å². The summed E-state index contributed by atoms with van der Waals surface area (Å²) in [7, 11) is 1.43. The molecule has 3 rings (SSSR count). The molecule has 0 spiro atoms. The van der Waals surface area contributed by atoms with Crippen molar-refractivity contribution in [2.24, 2.45) is 5.73 Å². The molecule has 0 aliphatic heterocycles. The van der Waals surface area contributed by atoms with E-state index in [2.05, 4.69) is 0 Å². The summed E-state index contributed by atoms with van der Waals surface area (Å²) < 4.78 is 43.9. The van der Waals surface area contributed by atoms with Crippen LogP contribution in [0.5, 0.6) is 5.75 Å². The fourth-order valence-electron chi connectivity index (χ4n) is 3.51. The highest BCUT2D eigenvalue weighted by Crippen LogP contribution is 2.32. The fraction of sp³-hybridized carbons (Fsp3) is 0.200. The summed E-state index contributed by atoms with van der Waals surface area (Å²) in [6, 6.07) is 17.8. The summed E-state index contributed by atoms with van der Waals surface area (Å²) in [6.07, 6.45) is -4.21. The highest BCUT2D eigenvalue weighted by Gasteiger charge is 2.32. The zero-order valence-corrected chi connectivity index (χ0v) is 18.9. The molecule has 2 amide bonds. The lowest BCUT2D eigenvalue weighted by Gasteiger charge is -2.27. The van der Waals surface area contributed by atoms with Crippen molar-refractivity contribution in [1.29, 1.82) is 0 Å².